The third kappa shape index (κ3) is 3.96. The van der Waals surface area contributed by atoms with Gasteiger partial charge in [-0.3, -0.25) is 4.79 Å². The highest BCUT2D eigenvalue weighted by molar-refractivity contribution is 6.04. The minimum Gasteiger partial charge on any atom is -0.454 e. The first-order valence-electron chi connectivity index (χ1n) is 10.8. The molecular formula is C26H24FN3O2. The van der Waals surface area contributed by atoms with E-state index in [0.717, 1.165) is 47.1 Å². The van der Waals surface area contributed by atoms with Crippen LogP contribution in [0.2, 0.25) is 0 Å². The second-order valence-electron chi connectivity index (χ2n) is 8.14. The number of halogens is 1. The second kappa shape index (κ2) is 8.46. The Morgan fingerprint density at radius 3 is 2.59 bits per heavy atom. The predicted molar refractivity (Wildman–Crippen MR) is 122 cm³/mol. The van der Waals surface area contributed by atoms with E-state index in [1.807, 2.05) is 41.3 Å². The number of benzene rings is 3. The zero-order valence-electron chi connectivity index (χ0n) is 17.9. The number of para-hydroxylation sites is 2. The maximum absolute atomic E-state index is 13.2. The highest BCUT2D eigenvalue weighted by Gasteiger charge is 2.26. The van der Waals surface area contributed by atoms with E-state index >= 15 is 0 Å². The molecule has 3 aromatic rings. The minimum absolute atomic E-state index is 0.0698. The molecule has 5 nitrogen and oxygen atoms in total. The number of ether oxygens (including phenoxy) is 1. The fourth-order valence-electron chi connectivity index (χ4n) is 4.18. The normalized spacial score (nSPS) is 15.6. The number of aliphatic imine (C=N–C) groups is 1. The zero-order valence-corrected chi connectivity index (χ0v) is 17.9. The maximum atomic E-state index is 13.2. The average molecular weight is 429 g/mol. The summed E-state index contributed by atoms with van der Waals surface area (Å²) in [5, 5.41) is 0. The number of amides is 1. The highest BCUT2D eigenvalue weighted by atomic mass is 19.1. The molecule has 32 heavy (non-hydrogen) atoms. The number of fused-ring (bicyclic) bond motifs is 2. The van der Waals surface area contributed by atoms with Gasteiger partial charge in [-0.05, 0) is 61.9 Å². The van der Waals surface area contributed by atoms with Crippen molar-refractivity contribution < 1.29 is 13.9 Å². The second-order valence-corrected chi connectivity index (χ2v) is 8.14. The third-order valence-corrected chi connectivity index (χ3v) is 5.86. The van der Waals surface area contributed by atoms with Crippen LogP contribution >= 0.6 is 0 Å². The molecule has 2 aliphatic heterocycles. The smallest absolute Gasteiger partial charge is 0.253 e. The van der Waals surface area contributed by atoms with Crippen molar-refractivity contribution in [2.45, 2.75) is 13.3 Å². The Labute approximate surface area is 186 Å². The number of hydrogen-bond donors (Lipinski definition) is 0. The number of rotatable bonds is 1. The molecule has 0 radical (unpaired) electrons. The molecule has 1 saturated heterocycles. The van der Waals surface area contributed by atoms with Gasteiger partial charge in [0.1, 0.15) is 23.1 Å². The zero-order chi connectivity index (χ0) is 22.1. The van der Waals surface area contributed by atoms with E-state index in [9.17, 15) is 9.18 Å². The van der Waals surface area contributed by atoms with E-state index in [1.165, 1.54) is 12.1 Å². The molecule has 0 aliphatic carbocycles. The lowest BCUT2D eigenvalue weighted by Gasteiger charge is -2.25. The number of hydrogen-bond acceptors (Lipinski definition) is 4. The van der Waals surface area contributed by atoms with Gasteiger partial charge in [-0.25, -0.2) is 9.38 Å². The molecule has 0 N–H and O–H groups in total. The van der Waals surface area contributed by atoms with E-state index in [1.54, 1.807) is 12.1 Å². The maximum Gasteiger partial charge on any atom is 0.253 e. The SMILES string of the molecule is Cc1ccc2c(c1)C(N1CCCN(C(=O)c3ccc(F)cc3)CC1)=Nc1ccccc1O2. The van der Waals surface area contributed by atoms with Crippen LogP contribution < -0.4 is 4.74 Å². The Bertz CT molecular complexity index is 1190. The molecular weight excluding hydrogens is 405 g/mol. The van der Waals surface area contributed by atoms with Crippen LogP contribution in [0.1, 0.15) is 27.9 Å². The summed E-state index contributed by atoms with van der Waals surface area (Å²) >= 11 is 0. The van der Waals surface area contributed by atoms with Gasteiger partial charge in [-0.1, -0.05) is 23.8 Å². The van der Waals surface area contributed by atoms with Crippen molar-refractivity contribution in [3.05, 3.63) is 89.2 Å². The summed E-state index contributed by atoms with van der Waals surface area (Å²) in [6.45, 7) is 4.71. The topological polar surface area (TPSA) is 45.1 Å². The Kier molecular flexibility index (Phi) is 5.35. The molecule has 0 aromatic heterocycles. The summed E-state index contributed by atoms with van der Waals surface area (Å²) in [7, 11) is 0. The first-order valence-corrected chi connectivity index (χ1v) is 10.8. The monoisotopic (exact) mass is 429 g/mol. The van der Waals surface area contributed by atoms with Crippen LogP contribution in [-0.2, 0) is 0 Å². The minimum atomic E-state index is -0.341. The Balaban J connectivity index is 1.44. The first-order chi connectivity index (χ1) is 15.6. The molecule has 0 saturated carbocycles. The molecule has 3 aromatic carbocycles. The van der Waals surface area contributed by atoms with Crippen molar-refractivity contribution >= 4 is 17.4 Å². The fourth-order valence-corrected chi connectivity index (χ4v) is 4.18. The number of nitrogens with zero attached hydrogens (tertiary/aromatic N) is 3. The predicted octanol–water partition coefficient (Wildman–Crippen LogP) is 5.17. The van der Waals surface area contributed by atoms with Gasteiger partial charge in [-0.15, -0.1) is 0 Å². The fraction of sp³-hybridized carbons (Fsp3) is 0.231. The van der Waals surface area contributed by atoms with Crippen molar-refractivity contribution in [3.63, 3.8) is 0 Å². The van der Waals surface area contributed by atoms with Crippen LogP contribution in [0.5, 0.6) is 11.5 Å². The third-order valence-electron chi connectivity index (χ3n) is 5.86. The quantitative estimate of drug-likeness (QED) is 0.536. The van der Waals surface area contributed by atoms with Gasteiger partial charge in [0.25, 0.3) is 5.91 Å². The van der Waals surface area contributed by atoms with Gasteiger partial charge < -0.3 is 14.5 Å². The Morgan fingerprint density at radius 1 is 0.938 bits per heavy atom. The van der Waals surface area contributed by atoms with Crippen LogP contribution in [0.25, 0.3) is 0 Å². The van der Waals surface area contributed by atoms with Gasteiger partial charge in [0.05, 0.1) is 5.56 Å². The standard InChI is InChI=1S/C26H24FN3O2/c1-18-7-12-23-21(17-18)25(28-22-5-2-3-6-24(22)32-23)29-13-4-14-30(16-15-29)26(31)19-8-10-20(27)11-9-19/h2-3,5-12,17H,4,13-16H2,1H3. The van der Waals surface area contributed by atoms with Gasteiger partial charge in [-0.2, -0.15) is 0 Å². The van der Waals surface area contributed by atoms with Crippen LogP contribution in [0.4, 0.5) is 10.1 Å². The van der Waals surface area contributed by atoms with Gasteiger partial charge in [0, 0.05) is 31.7 Å². The number of aryl methyl sites for hydroxylation is 1. The van der Waals surface area contributed by atoms with E-state index in [4.69, 9.17) is 9.73 Å². The van der Waals surface area contributed by atoms with Gasteiger partial charge >= 0.3 is 0 Å². The van der Waals surface area contributed by atoms with Crippen LogP contribution in [0.15, 0.2) is 71.7 Å². The molecule has 5 rings (SSSR count). The van der Waals surface area contributed by atoms with Gasteiger partial charge in [0.2, 0.25) is 0 Å². The molecule has 0 bridgehead atoms. The number of carbonyl (C=O) groups excluding carboxylic acids is 1. The van der Waals surface area contributed by atoms with Crippen molar-refractivity contribution in [1.29, 1.82) is 0 Å². The van der Waals surface area contributed by atoms with Crippen molar-refractivity contribution in [2.24, 2.45) is 4.99 Å². The summed E-state index contributed by atoms with van der Waals surface area (Å²) < 4.78 is 19.4. The lowest BCUT2D eigenvalue weighted by molar-refractivity contribution is 0.0764. The molecule has 2 heterocycles. The van der Waals surface area contributed by atoms with Gasteiger partial charge in [0.15, 0.2) is 5.75 Å². The molecule has 0 atom stereocenters. The largest absolute Gasteiger partial charge is 0.454 e. The summed E-state index contributed by atoms with van der Waals surface area (Å²) in [6, 6.07) is 19.7. The highest BCUT2D eigenvalue weighted by Crippen LogP contribution is 2.38. The summed E-state index contributed by atoms with van der Waals surface area (Å²) in [4.78, 5) is 22.0. The molecule has 1 amide bonds. The molecule has 162 valence electrons. The molecule has 0 unspecified atom stereocenters. The Morgan fingerprint density at radius 2 is 1.75 bits per heavy atom. The summed E-state index contributed by atoms with van der Waals surface area (Å²) in [6.07, 6.45) is 0.815. The summed E-state index contributed by atoms with van der Waals surface area (Å²) in [5.41, 5.74) is 3.39. The van der Waals surface area contributed by atoms with E-state index in [-0.39, 0.29) is 11.7 Å². The van der Waals surface area contributed by atoms with E-state index < -0.39 is 0 Å². The van der Waals surface area contributed by atoms with E-state index in [2.05, 4.69) is 17.9 Å². The Hall–Kier alpha value is -3.67. The summed E-state index contributed by atoms with van der Waals surface area (Å²) in [5.74, 6) is 1.97. The number of amidine groups is 1. The van der Waals surface area contributed by atoms with Crippen molar-refractivity contribution in [1.82, 2.24) is 9.80 Å². The lowest BCUT2D eigenvalue weighted by Crippen LogP contribution is -2.37. The lowest BCUT2D eigenvalue weighted by atomic mass is 10.1. The van der Waals surface area contributed by atoms with Crippen molar-refractivity contribution in [3.8, 4) is 11.5 Å². The van der Waals surface area contributed by atoms with Crippen LogP contribution in [0.3, 0.4) is 0 Å². The van der Waals surface area contributed by atoms with Crippen LogP contribution in [-0.4, -0.2) is 47.7 Å². The average Bonchev–Trinajstić information content (AvgIpc) is 3.14. The molecule has 6 heteroatoms. The molecule has 2 aliphatic rings. The van der Waals surface area contributed by atoms with E-state index in [0.29, 0.717) is 25.2 Å². The number of carbonyl (C=O) groups is 1. The molecule has 1 fully saturated rings. The van der Waals surface area contributed by atoms with Crippen LogP contribution in [0, 0.1) is 12.7 Å². The molecule has 0 spiro atoms. The van der Waals surface area contributed by atoms with Crippen molar-refractivity contribution in [2.75, 3.05) is 26.2 Å². The first kappa shape index (κ1) is 20.2.